The Labute approximate surface area is 202 Å². The molecule has 5 heteroatoms. The monoisotopic (exact) mass is 594 g/mol. The molecule has 0 saturated heterocycles. The van der Waals surface area contributed by atoms with Gasteiger partial charge in [-0.2, -0.15) is 0 Å². The van der Waals surface area contributed by atoms with E-state index in [1.165, 1.54) is 0 Å². The second-order valence-electron chi connectivity index (χ2n) is 6.28. The molecule has 0 atom stereocenters. The quantitative estimate of drug-likeness (QED) is 0.241. The van der Waals surface area contributed by atoms with Crippen LogP contribution in [-0.4, -0.2) is 19.9 Å². The van der Waals surface area contributed by atoms with Gasteiger partial charge in [-0.3, -0.25) is 9.97 Å². The second-order valence-corrected chi connectivity index (χ2v) is 6.28. The first-order valence-electron chi connectivity index (χ1n) is 9.48. The van der Waals surface area contributed by atoms with E-state index in [1.54, 1.807) is 31.0 Å². The van der Waals surface area contributed by atoms with Gasteiger partial charge in [0, 0.05) is 30.0 Å². The van der Waals surface area contributed by atoms with Crippen LogP contribution in [0.25, 0.3) is 33.8 Å². The zero-order valence-electron chi connectivity index (χ0n) is 17.5. The van der Waals surface area contributed by atoms with Gasteiger partial charge in [-0.05, 0) is 36.3 Å². The first kappa shape index (κ1) is 24.7. The first-order chi connectivity index (χ1) is 14.9. The molecule has 5 aromatic rings. The van der Waals surface area contributed by atoms with Crippen molar-refractivity contribution in [2.24, 2.45) is 0 Å². The van der Waals surface area contributed by atoms with Crippen LogP contribution in [-0.2, 0) is 20.1 Å². The molecule has 4 heterocycles. The van der Waals surface area contributed by atoms with Crippen molar-refractivity contribution in [3.05, 3.63) is 129 Å². The number of pyridine rings is 4. The van der Waals surface area contributed by atoms with Crippen molar-refractivity contribution < 1.29 is 20.1 Å². The maximum Gasteiger partial charge on any atom is 3.00 e. The second kappa shape index (κ2) is 13.0. The summed E-state index contributed by atoms with van der Waals surface area (Å²) in [5.41, 5.74) is 5.49. The van der Waals surface area contributed by atoms with Crippen LogP contribution < -0.4 is 0 Å². The van der Waals surface area contributed by atoms with Crippen molar-refractivity contribution in [2.75, 3.05) is 0 Å². The molecule has 1 aromatic carbocycles. The number of benzene rings is 1. The third kappa shape index (κ3) is 6.74. The summed E-state index contributed by atoms with van der Waals surface area (Å²) in [5.74, 6) is 0. The number of aromatic nitrogens is 4. The SMILES string of the molecule is [CH3-].[Ir+3].[c-]1c(-c2ccccn2)cncc1-c1ccccn1.[c-]1ccccc1-c1ccccn1. The summed E-state index contributed by atoms with van der Waals surface area (Å²) in [4.78, 5) is 17.0. The fraction of sp³-hybridized carbons (Fsp3) is 0. The van der Waals surface area contributed by atoms with Crippen LogP contribution in [0.3, 0.4) is 0 Å². The zero-order chi connectivity index (χ0) is 20.4. The standard InChI is InChI=1S/C15H10N3.C11H8N.CH3.Ir/c1-3-7-17-14(5-1)12-9-13(11-16-10-12)15-6-2-4-8-18-15;1-2-6-10(7-3-1)11-8-4-5-9-12-11;;/h1-8,10-11H;1-6,8-9H;1H3;/q3*-1;+3. The Morgan fingerprint density at radius 1 is 0.531 bits per heavy atom. The Morgan fingerprint density at radius 3 is 1.41 bits per heavy atom. The molecule has 0 aliphatic rings. The molecule has 4 nitrogen and oxygen atoms in total. The van der Waals surface area contributed by atoms with Crippen LogP contribution in [0.4, 0.5) is 0 Å². The fourth-order valence-corrected chi connectivity index (χ4v) is 2.78. The van der Waals surface area contributed by atoms with Crippen LogP contribution in [0, 0.1) is 19.6 Å². The summed E-state index contributed by atoms with van der Waals surface area (Å²) < 4.78 is 0. The molecular weight excluding hydrogens is 573 g/mol. The normalized spacial score (nSPS) is 9.38. The van der Waals surface area contributed by atoms with Crippen molar-refractivity contribution in [3.63, 3.8) is 0 Å². The van der Waals surface area contributed by atoms with Crippen LogP contribution >= 0.6 is 0 Å². The number of hydrogen-bond donors (Lipinski definition) is 0. The molecule has 0 aliphatic carbocycles. The topological polar surface area (TPSA) is 51.6 Å². The van der Waals surface area contributed by atoms with E-state index < -0.39 is 0 Å². The molecule has 158 valence electrons. The van der Waals surface area contributed by atoms with Crippen LogP contribution in [0.2, 0.25) is 0 Å². The average molecular weight is 594 g/mol. The minimum Gasteiger partial charge on any atom is -0.358 e. The molecule has 5 rings (SSSR count). The van der Waals surface area contributed by atoms with Crippen molar-refractivity contribution in [3.8, 4) is 33.8 Å². The third-order valence-electron chi connectivity index (χ3n) is 4.21. The smallest absolute Gasteiger partial charge is 0.358 e. The minimum absolute atomic E-state index is 0. The minimum atomic E-state index is 0. The van der Waals surface area contributed by atoms with Gasteiger partial charge in [0.05, 0.1) is 0 Å². The van der Waals surface area contributed by atoms with Crippen LogP contribution in [0.5, 0.6) is 0 Å². The molecule has 0 saturated carbocycles. The molecule has 32 heavy (non-hydrogen) atoms. The molecule has 0 spiro atoms. The summed E-state index contributed by atoms with van der Waals surface area (Å²) in [6.07, 6.45) is 8.83. The fourth-order valence-electron chi connectivity index (χ4n) is 2.78. The average Bonchev–Trinajstić information content (AvgIpc) is 2.87. The Bertz CT molecular complexity index is 1080. The first-order valence-corrected chi connectivity index (χ1v) is 9.48. The van der Waals surface area contributed by atoms with Gasteiger partial charge in [-0.1, -0.05) is 47.5 Å². The van der Waals surface area contributed by atoms with Crippen molar-refractivity contribution in [1.29, 1.82) is 0 Å². The molecule has 0 fully saturated rings. The summed E-state index contributed by atoms with van der Waals surface area (Å²) in [6, 6.07) is 31.7. The van der Waals surface area contributed by atoms with Crippen LogP contribution in [0.1, 0.15) is 0 Å². The van der Waals surface area contributed by atoms with Crippen molar-refractivity contribution in [2.45, 2.75) is 0 Å². The maximum absolute atomic E-state index is 4.29. The summed E-state index contributed by atoms with van der Waals surface area (Å²) >= 11 is 0. The molecule has 4 aromatic heterocycles. The zero-order valence-corrected chi connectivity index (χ0v) is 19.9. The van der Waals surface area contributed by atoms with Gasteiger partial charge in [0.2, 0.25) is 0 Å². The predicted molar refractivity (Wildman–Crippen MR) is 124 cm³/mol. The number of nitrogens with zero attached hydrogens (tertiary/aromatic N) is 4. The summed E-state index contributed by atoms with van der Waals surface area (Å²) in [6.45, 7) is 0. The summed E-state index contributed by atoms with van der Waals surface area (Å²) in [7, 11) is 0. The van der Waals surface area contributed by atoms with E-state index in [0.29, 0.717) is 0 Å². The van der Waals surface area contributed by atoms with Gasteiger partial charge in [-0.15, -0.1) is 42.0 Å². The number of rotatable bonds is 3. The van der Waals surface area contributed by atoms with E-state index in [0.717, 1.165) is 33.8 Å². The molecule has 0 N–H and O–H groups in total. The van der Waals surface area contributed by atoms with Gasteiger partial charge in [0.15, 0.2) is 0 Å². The molecule has 0 unspecified atom stereocenters. The molecule has 0 aliphatic heterocycles. The largest absolute Gasteiger partial charge is 3.00 e. The van der Waals surface area contributed by atoms with Gasteiger partial charge < -0.3 is 17.4 Å². The van der Waals surface area contributed by atoms with E-state index >= 15 is 0 Å². The van der Waals surface area contributed by atoms with E-state index in [9.17, 15) is 0 Å². The van der Waals surface area contributed by atoms with E-state index in [4.69, 9.17) is 0 Å². The Hall–Kier alpha value is -3.53. The molecule has 0 radical (unpaired) electrons. The summed E-state index contributed by atoms with van der Waals surface area (Å²) in [5, 5.41) is 0. The Morgan fingerprint density at radius 2 is 1.00 bits per heavy atom. The predicted octanol–water partition coefficient (Wildman–Crippen LogP) is 6.00. The third-order valence-corrected chi connectivity index (χ3v) is 4.21. The van der Waals surface area contributed by atoms with Crippen molar-refractivity contribution in [1.82, 2.24) is 19.9 Å². The molecule has 0 amide bonds. The Balaban J connectivity index is 0.000000229. The molecular formula is C27H21IrN4. The maximum atomic E-state index is 4.29. The van der Waals surface area contributed by atoms with Crippen molar-refractivity contribution >= 4 is 0 Å². The Kier molecular flexibility index (Phi) is 10.1. The van der Waals surface area contributed by atoms with Gasteiger partial charge in [0.25, 0.3) is 0 Å². The van der Waals surface area contributed by atoms with Gasteiger partial charge >= 0.3 is 20.1 Å². The van der Waals surface area contributed by atoms with E-state index in [2.05, 4.69) is 32.1 Å². The van der Waals surface area contributed by atoms with Crippen LogP contribution in [0.15, 0.2) is 110 Å². The molecule has 0 bridgehead atoms. The van der Waals surface area contributed by atoms with E-state index in [1.807, 2.05) is 78.9 Å². The number of hydrogen-bond acceptors (Lipinski definition) is 4. The van der Waals surface area contributed by atoms with Gasteiger partial charge in [-0.25, -0.2) is 0 Å². The van der Waals surface area contributed by atoms with Gasteiger partial charge in [0.1, 0.15) is 0 Å². The van der Waals surface area contributed by atoms with E-state index in [-0.39, 0.29) is 27.5 Å².